The second kappa shape index (κ2) is 12.6. The van der Waals surface area contributed by atoms with Crippen molar-refractivity contribution < 1.29 is 36.2 Å². The first-order valence-corrected chi connectivity index (χ1v) is 17.0. The molecule has 2 fully saturated rings. The predicted octanol–water partition coefficient (Wildman–Crippen LogP) is 0.550. The van der Waals surface area contributed by atoms with Crippen LogP contribution in [0.3, 0.4) is 0 Å². The maximum absolute atomic E-state index is 13.5. The molecule has 2 atom stereocenters. The lowest BCUT2D eigenvalue weighted by atomic mass is 9.88. The van der Waals surface area contributed by atoms with E-state index in [9.17, 15) is 21.9 Å². The summed E-state index contributed by atoms with van der Waals surface area (Å²) in [6.07, 6.45) is 3.25. The number of aliphatic hydroxyl groups is 1. The number of pyridine rings is 1. The topological polar surface area (TPSA) is 160 Å². The van der Waals surface area contributed by atoms with E-state index in [0.717, 1.165) is 13.0 Å². The summed E-state index contributed by atoms with van der Waals surface area (Å²) in [6, 6.07) is 7.74. The number of aromatic nitrogens is 1. The van der Waals surface area contributed by atoms with Crippen molar-refractivity contribution in [1.29, 1.82) is 0 Å². The molecule has 1 spiro atoms. The van der Waals surface area contributed by atoms with Crippen LogP contribution in [0.1, 0.15) is 25.7 Å². The van der Waals surface area contributed by atoms with E-state index in [1.54, 1.807) is 18.2 Å². The fraction of sp³-hybridized carbons (Fsp3) is 0.593. The number of piperidine rings is 1. The van der Waals surface area contributed by atoms with Crippen molar-refractivity contribution in [2.75, 3.05) is 65.0 Å². The maximum atomic E-state index is 13.5. The summed E-state index contributed by atoms with van der Waals surface area (Å²) in [5.74, 6) is 0.799. The number of rotatable bonds is 10. The lowest BCUT2D eigenvalue weighted by Gasteiger charge is -2.38. The van der Waals surface area contributed by atoms with Crippen molar-refractivity contribution in [3.8, 4) is 11.6 Å². The number of nitrogens with one attached hydrogen (secondary N) is 2. The van der Waals surface area contributed by atoms with Gasteiger partial charge in [0.15, 0.2) is 0 Å². The molecule has 15 heteroatoms. The van der Waals surface area contributed by atoms with E-state index in [-0.39, 0.29) is 29.0 Å². The second-order valence-corrected chi connectivity index (χ2v) is 14.8. The van der Waals surface area contributed by atoms with Gasteiger partial charge in [-0.2, -0.15) is 4.31 Å². The summed E-state index contributed by atoms with van der Waals surface area (Å²) < 4.78 is 72.1. The van der Waals surface area contributed by atoms with Gasteiger partial charge in [-0.1, -0.05) is 6.07 Å². The summed E-state index contributed by atoms with van der Waals surface area (Å²) in [5.41, 5.74) is 0.266. The number of aliphatic hydroxyl groups excluding tert-OH is 1. The van der Waals surface area contributed by atoms with Crippen molar-refractivity contribution in [3.63, 3.8) is 0 Å². The highest BCUT2D eigenvalue weighted by Gasteiger charge is 2.45. The Hall–Kier alpha value is -2.53. The molecule has 0 aliphatic carbocycles. The average Bonchev–Trinajstić information content (AvgIpc) is 3.29. The van der Waals surface area contributed by atoms with E-state index < -0.39 is 31.8 Å². The third-order valence-corrected chi connectivity index (χ3v) is 11.3. The van der Waals surface area contributed by atoms with Gasteiger partial charge in [-0.3, -0.25) is 0 Å². The molecule has 2 aromatic rings. The first kappa shape index (κ1) is 30.9. The van der Waals surface area contributed by atoms with Crippen LogP contribution in [0, 0.1) is 0 Å². The van der Waals surface area contributed by atoms with Crippen LogP contribution in [-0.4, -0.2) is 109 Å². The van der Waals surface area contributed by atoms with E-state index >= 15 is 0 Å². The Kier molecular flexibility index (Phi) is 9.27. The minimum atomic E-state index is -3.72. The first-order chi connectivity index (χ1) is 20.0. The first-order valence-electron chi connectivity index (χ1n) is 14.1. The number of fused-ring (bicyclic) bond motifs is 1. The van der Waals surface area contributed by atoms with Crippen LogP contribution >= 0.6 is 0 Å². The number of ether oxygens (including phenoxy) is 3. The van der Waals surface area contributed by atoms with Gasteiger partial charge in [-0.25, -0.2) is 26.5 Å². The Labute approximate surface area is 247 Å². The van der Waals surface area contributed by atoms with Crippen molar-refractivity contribution >= 4 is 25.7 Å². The summed E-state index contributed by atoms with van der Waals surface area (Å²) in [4.78, 5) is 6.51. The van der Waals surface area contributed by atoms with Gasteiger partial charge in [0.1, 0.15) is 29.0 Å². The van der Waals surface area contributed by atoms with Gasteiger partial charge in [-0.15, -0.1) is 0 Å². The molecule has 3 N–H and O–H groups in total. The zero-order valence-corrected chi connectivity index (χ0v) is 25.5. The fourth-order valence-electron chi connectivity index (χ4n) is 5.55. The van der Waals surface area contributed by atoms with Crippen molar-refractivity contribution in [2.24, 2.45) is 0 Å². The zero-order valence-electron chi connectivity index (χ0n) is 23.9. The number of hydrogen-bond donors (Lipinski definition) is 3. The molecule has 0 bridgehead atoms. The van der Waals surface area contributed by atoms with Crippen LogP contribution in [0.4, 0.5) is 5.69 Å². The molecule has 1 aromatic heterocycles. The molecule has 42 heavy (non-hydrogen) atoms. The number of anilines is 1. The summed E-state index contributed by atoms with van der Waals surface area (Å²) in [6.45, 7) is 2.72. The highest BCUT2D eigenvalue weighted by molar-refractivity contribution is 7.89. The third kappa shape index (κ3) is 6.82. The molecule has 1 aromatic carbocycles. The molecular weight excluding hydrogens is 586 g/mol. The molecule has 3 aliphatic rings. The number of nitrogens with zero attached hydrogens (tertiary/aromatic N) is 3. The molecule has 0 saturated carbocycles. The van der Waals surface area contributed by atoms with Crippen LogP contribution in [0.15, 0.2) is 46.3 Å². The lowest BCUT2D eigenvalue weighted by molar-refractivity contribution is -0.0312. The van der Waals surface area contributed by atoms with Gasteiger partial charge in [-0.05, 0) is 50.9 Å². The predicted molar refractivity (Wildman–Crippen MR) is 155 cm³/mol. The van der Waals surface area contributed by atoms with Gasteiger partial charge >= 0.3 is 0 Å². The van der Waals surface area contributed by atoms with E-state index in [2.05, 4.69) is 15.0 Å². The molecule has 13 nitrogen and oxygen atoms in total. The molecule has 0 radical (unpaired) electrons. The molecule has 2 saturated heterocycles. The van der Waals surface area contributed by atoms with Crippen LogP contribution in [0.25, 0.3) is 0 Å². The lowest BCUT2D eigenvalue weighted by Crippen LogP contribution is -2.47. The van der Waals surface area contributed by atoms with E-state index in [1.165, 1.54) is 29.7 Å². The Morgan fingerprint density at radius 1 is 1.17 bits per heavy atom. The van der Waals surface area contributed by atoms with Gasteiger partial charge in [0.05, 0.1) is 29.9 Å². The molecule has 4 heterocycles. The van der Waals surface area contributed by atoms with Gasteiger partial charge in [0.2, 0.25) is 25.9 Å². The molecule has 232 valence electrons. The van der Waals surface area contributed by atoms with E-state index in [0.29, 0.717) is 62.9 Å². The SMILES string of the molecule is CNS(=O)(=O)c1cccc(OC[C@@H](O)CN[C@H]2COC3(CCN(S(=O)(=O)c4cnc5c(c4)N(C)CCCO5)CC3)C2)c1. The van der Waals surface area contributed by atoms with Crippen molar-refractivity contribution in [3.05, 3.63) is 36.5 Å². The van der Waals surface area contributed by atoms with Gasteiger partial charge in [0.25, 0.3) is 0 Å². The van der Waals surface area contributed by atoms with Gasteiger partial charge < -0.3 is 29.5 Å². The second-order valence-electron chi connectivity index (χ2n) is 11.0. The standard InChI is InChI=1S/C27H39N5O8S2/c1-28-41(34,35)23-6-3-5-22(13-23)39-19-21(33)16-29-20-15-27(40-18-20)7-10-32(11-8-27)42(36,37)24-14-25-26(30-17-24)38-12-4-9-31(25)2/h3,5-6,13-14,17,20-21,28-29,33H,4,7-12,15-16,18-19H2,1-2H3/t20-,21+/m1/s1. The molecular formula is C27H39N5O8S2. The minimum Gasteiger partial charge on any atom is -0.491 e. The van der Waals surface area contributed by atoms with Crippen LogP contribution < -0.4 is 24.4 Å². The Balaban J connectivity index is 1.10. The quantitative estimate of drug-likeness (QED) is 0.338. The summed E-state index contributed by atoms with van der Waals surface area (Å²) in [7, 11) is -4.07. The Morgan fingerprint density at radius 2 is 1.95 bits per heavy atom. The largest absolute Gasteiger partial charge is 0.491 e. The summed E-state index contributed by atoms with van der Waals surface area (Å²) >= 11 is 0. The van der Waals surface area contributed by atoms with Gasteiger partial charge in [0, 0.05) is 45.3 Å². The maximum Gasteiger partial charge on any atom is 0.244 e. The molecule has 0 unspecified atom stereocenters. The normalized spacial score (nSPS) is 21.9. The molecule has 3 aliphatic heterocycles. The number of benzene rings is 1. The average molecular weight is 626 g/mol. The smallest absolute Gasteiger partial charge is 0.244 e. The highest BCUT2D eigenvalue weighted by atomic mass is 32.2. The number of hydrogen-bond acceptors (Lipinski definition) is 11. The van der Waals surface area contributed by atoms with Crippen LogP contribution in [0.5, 0.6) is 11.6 Å². The highest BCUT2D eigenvalue weighted by Crippen LogP contribution is 2.38. The summed E-state index contributed by atoms with van der Waals surface area (Å²) in [5, 5.41) is 13.8. The van der Waals surface area contributed by atoms with Crippen molar-refractivity contribution in [1.82, 2.24) is 19.3 Å². The zero-order chi connectivity index (χ0) is 30.0. The Bertz CT molecular complexity index is 1460. The van der Waals surface area contributed by atoms with Crippen molar-refractivity contribution in [2.45, 2.75) is 53.2 Å². The fourth-order valence-corrected chi connectivity index (χ4v) is 7.72. The molecule has 0 amide bonds. The van der Waals surface area contributed by atoms with Crippen LogP contribution in [0.2, 0.25) is 0 Å². The minimum absolute atomic E-state index is 0.0104. The van der Waals surface area contributed by atoms with Crippen LogP contribution in [-0.2, 0) is 24.8 Å². The monoisotopic (exact) mass is 625 g/mol. The van der Waals surface area contributed by atoms with E-state index in [4.69, 9.17) is 14.2 Å². The number of sulfonamides is 2. The van der Waals surface area contributed by atoms with E-state index in [1.807, 2.05) is 11.9 Å². The molecule has 5 rings (SSSR count). The third-order valence-electron chi connectivity index (χ3n) is 8.04. The Morgan fingerprint density at radius 3 is 2.71 bits per heavy atom.